The lowest BCUT2D eigenvalue weighted by atomic mass is 9.96. The number of anilines is 3. The molecule has 1 aromatic carbocycles. The second-order valence-electron chi connectivity index (χ2n) is 7.13. The molecule has 0 atom stereocenters. The van der Waals surface area contributed by atoms with E-state index in [-0.39, 0.29) is 17.2 Å². The average molecular weight is 461 g/mol. The van der Waals surface area contributed by atoms with Gasteiger partial charge in [-0.25, -0.2) is 9.67 Å². The van der Waals surface area contributed by atoms with E-state index in [1.807, 2.05) is 31.3 Å². The molecule has 2 aromatic heterocycles. The van der Waals surface area contributed by atoms with Gasteiger partial charge in [0.05, 0.1) is 30.1 Å². The molecule has 31 heavy (non-hydrogen) atoms. The van der Waals surface area contributed by atoms with Crippen molar-refractivity contribution in [1.29, 1.82) is 0 Å². The van der Waals surface area contributed by atoms with Crippen LogP contribution in [0.3, 0.4) is 0 Å². The molecule has 1 aliphatic heterocycles. The Hall–Kier alpha value is -2.84. The van der Waals surface area contributed by atoms with Gasteiger partial charge in [-0.2, -0.15) is 10.1 Å². The summed E-state index contributed by atoms with van der Waals surface area (Å²) >= 11 is 12.1. The highest BCUT2D eigenvalue weighted by Gasteiger charge is 2.26. The van der Waals surface area contributed by atoms with Crippen LogP contribution in [0, 0.1) is 5.92 Å². The van der Waals surface area contributed by atoms with Gasteiger partial charge in [0.2, 0.25) is 5.28 Å². The van der Waals surface area contributed by atoms with Gasteiger partial charge in [0.15, 0.2) is 5.82 Å². The Balaban J connectivity index is 1.58. The van der Waals surface area contributed by atoms with Gasteiger partial charge in [-0.3, -0.25) is 4.79 Å². The summed E-state index contributed by atoms with van der Waals surface area (Å²) in [5.41, 5.74) is 2.65. The van der Waals surface area contributed by atoms with E-state index >= 15 is 0 Å². The van der Waals surface area contributed by atoms with E-state index < -0.39 is 0 Å². The fourth-order valence-electron chi connectivity index (χ4n) is 3.62. The molecule has 1 saturated heterocycles. The summed E-state index contributed by atoms with van der Waals surface area (Å²) in [6.07, 6.45) is 6.58. The van der Waals surface area contributed by atoms with Crippen LogP contribution in [0.25, 0.3) is 5.69 Å². The van der Waals surface area contributed by atoms with Crippen molar-refractivity contribution in [2.75, 3.05) is 29.9 Å². The molecule has 4 rings (SSSR count). The molecule has 0 unspecified atom stereocenters. The SMILES string of the molecule is CCOC(=O)C1CCN(c2ccc(Nc3nc(Cl)ncc3Cl)c(-n3cccn3)c2)CC1. The lowest BCUT2D eigenvalue weighted by molar-refractivity contribution is -0.148. The second-order valence-corrected chi connectivity index (χ2v) is 7.87. The number of hydrogen-bond acceptors (Lipinski definition) is 7. The molecule has 10 heteroatoms. The van der Waals surface area contributed by atoms with E-state index in [1.54, 1.807) is 10.9 Å². The minimum atomic E-state index is -0.0979. The summed E-state index contributed by atoms with van der Waals surface area (Å²) in [4.78, 5) is 22.3. The number of carbonyl (C=O) groups is 1. The van der Waals surface area contributed by atoms with Crippen LogP contribution in [-0.2, 0) is 9.53 Å². The van der Waals surface area contributed by atoms with Crippen LogP contribution in [0.4, 0.5) is 17.2 Å². The number of halogens is 2. The number of nitrogens with zero attached hydrogens (tertiary/aromatic N) is 5. The molecule has 0 saturated carbocycles. The monoisotopic (exact) mass is 460 g/mol. The topological polar surface area (TPSA) is 85.2 Å². The molecule has 8 nitrogen and oxygen atoms in total. The van der Waals surface area contributed by atoms with Crippen molar-refractivity contribution in [3.63, 3.8) is 0 Å². The molecule has 0 bridgehead atoms. The minimum absolute atomic E-state index is 0.0348. The first kappa shape index (κ1) is 21.4. The smallest absolute Gasteiger partial charge is 0.309 e. The van der Waals surface area contributed by atoms with Gasteiger partial charge in [0.1, 0.15) is 5.02 Å². The maximum Gasteiger partial charge on any atom is 0.309 e. The molecule has 0 radical (unpaired) electrons. The predicted molar refractivity (Wildman–Crippen MR) is 120 cm³/mol. The summed E-state index contributed by atoms with van der Waals surface area (Å²) in [6.45, 7) is 3.81. The highest BCUT2D eigenvalue weighted by molar-refractivity contribution is 6.33. The van der Waals surface area contributed by atoms with Crippen LogP contribution >= 0.6 is 23.2 Å². The van der Waals surface area contributed by atoms with Gasteiger partial charge in [-0.15, -0.1) is 0 Å². The molecular formula is C21H22Cl2N6O2. The number of benzene rings is 1. The lowest BCUT2D eigenvalue weighted by Gasteiger charge is -2.33. The first-order chi connectivity index (χ1) is 15.0. The maximum absolute atomic E-state index is 12.0. The summed E-state index contributed by atoms with van der Waals surface area (Å²) < 4.78 is 6.94. The van der Waals surface area contributed by atoms with E-state index in [9.17, 15) is 4.79 Å². The molecular weight excluding hydrogens is 439 g/mol. The largest absolute Gasteiger partial charge is 0.466 e. The summed E-state index contributed by atoms with van der Waals surface area (Å²) in [6, 6.07) is 7.89. The third-order valence-corrected chi connectivity index (χ3v) is 5.64. The molecule has 3 aromatic rings. The minimum Gasteiger partial charge on any atom is -0.466 e. The number of rotatable bonds is 6. The Morgan fingerprint density at radius 2 is 2.10 bits per heavy atom. The number of piperidine rings is 1. The molecule has 0 aliphatic carbocycles. The predicted octanol–water partition coefficient (Wildman–Crippen LogP) is 4.49. The average Bonchev–Trinajstić information content (AvgIpc) is 3.32. The van der Waals surface area contributed by atoms with Gasteiger partial charge in [-0.05, 0) is 55.6 Å². The summed E-state index contributed by atoms with van der Waals surface area (Å²) in [5, 5.41) is 8.07. The van der Waals surface area contributed by atoms with Crippen LogP contribution in [-0.4, -0.2) is 45.4 Å². The zero-order valence-electron chi connectivity index (χ0n) is 17.0. The van der Waals surface area contributed by atoms with Gasteiger partial charge < -0.3 is 15.0 Å². The Labute approximate surface area is 190 Å². The fourth-order valence-corrected chi connectivity index (χ4v) is 3.89. The zero-order chi connectivity index (χ0) is 21.8. The van der Waals surface area contributed by atoms with Crippen molar-refractivity contribution in [1.82, 2.24) is 19.7 Å². The van der Waals surface area contributed by atoms with Crippen molar-refractivity contribution >= 4 is 46.4 Å². The molecule has 0 amide bonds. The highest BCUT2D eigenvalue weighted by Crippen LogP contribution is 2.32. The van der Waals surface area contributed by atoms with Crippen LogP contribution in [0.15, 0.2) is 42.9 Å². The third-order valence-electron chi connectivity index (χ3n) is 5.18. The quantitative estimate of drug-likeness (QED) is 0.428. The number of ether oxygens (including phenoxy) is 1. The normalized spacial score (nSPS) is 14.5. The second kappa shape index (κ2) is 9.53. The number of aromatic nitrogens is 4. The van der Waals surface area contributed by atoms with Crippen LogP contribution in [0.5, 0.6) is 0 Å². The maximum atomic E-state index is 12.0. The Kier molecular flexibility index (Phi) is 6.58. The number of esters is 1. The third kappa shape index (κ3) is 4.91. The first-order valence-electron chi connectivity index (χ1n) is 10.1. The molecule has 162 valence electrons. The summed E-state index contributed by atoms with van der Waals surface area (Å²) in [5.74, 6) is 0.282. The van der Waals surface area contributed by atoms with E-state index in [0.717, 1.165) is 43.0 Å². The van der Waals surface area contributed by atoms with Crippen molar-refractivity contribution in [2.45, 2.75) is 19.8 Å². The number of hydrogen-bond donors (Lipinski definition) is 1. The van der Waals surface area contributed by atoms with Gasteiger partial charge in [0.25, 0.3) is 0 Å². The van der Waals surface area contributed by atoms with Gasteiger partial charge in [0, 0.05) is 31.2 Å². The van der Waals surface area contributed by atoms with Crippen molar-refractivity contribution in [3.05, 3.63) is 53.2 Å². The van der Waals surface area contributed by atoms with Crippen molar-refractivity contribution in [3.8, 4) is 5.69 Å². The molecule has 0 spiro atoms. The standard InChI is InChI=1S/C21H22Cl2N6O2/c1-2-31-20(30)14-6-10-28(11-7-14)15-4-5-17(18(12-15)29-9-3-8-25-29)26-19-16(22)13-24-21(23)27-19/h3-5,8-9,12-14H,2,6-7,10-11H2,1H3,(H,24,26,27). The summed E-state index contributed by atoms with van der Waals surface area (Å²) in [7, 11) is 0. The molecule has 1 aliphatic rings. The first-order valence-corrected chi connectivity index (χ1v) is 10.8. The number of nitrogens with one attached hydrogen (secondary N) is 1. The molecule has 1 fully saturated rings. The molecule has 3 heterocycles. The zero-order valence-corrected chi connectivity index (χ0v) is 18.5. The van der Waals surface area contributed by atoms with Crippen LogP contribution in [0.1, 0.15) is 19.8 Å². The van der Waals surface area contributed by atoms with Crippen LogP contribution < -0.4 is 10.2 Å². The Morgan fingerprint density at radius 1 is 1.29 bits per heavy atom. The van der Waals surface area contributed by atoms with Crippen LogP contribution in [0.2, 0.25) is 10.3 Å². The van der Waals surface area contributed by atoms with E-state index in [4.69, 9.17) is 27.9 Å². The van der Waals surface area contributed by atoms with Gasteiger partial charge >= 0.3 is 5.97 Å². The number of carbonyl (C=O) groups excluding carboxylic acids is 1. The van der Waals surface area contributed by atoms with E-state index in [2.05, 4.69) is 31.3 Å². The Bertz CT molecular complexity index is 1050. The lowest BCUT2D eigenvalue weighted by Crippen LogP contribution is -2.37. The van der Waals surface area contributed by atoms with E-state index in [0.29, 0.717) is 17.4 Å². The van der Waals surface area contributed by atoms with E-state index in [1.165, 1.54) is 6.20 Å². The van der Waals surface area contributed by atoms with Crippen molar-refractivity contribution in [2.24, 2.45) is 5.92 Å². The highest BCUT2D eigenvalue weighted by atomic mass is 35.5. The van der Waals surface area contributed by atoms with Crippen molar-refractivity contribution < 1.29 is 9.53 Å². The van der Waals surface area contributed by atoms with Gasteiger partial charge in [-0.1, -0.05) is 11.6 Å². The molecule has 1 N–H and O–H groups in total. The fraction of sp³-hybridized carbons (Fsp3) is 0.333. The Morgan fingerprint density at radius 3 is 2.81 bits per heavy atom.